The van der Waals surface area contributed by atoms with E-state index in [1.54, 1.807) is 29.2 Å². The van der Waals surface area contributed by atoms with Gasteiger partial charge in [-0.2, -0.15) is 0 Å². The predicted octanol–water partition coefficient (Wildman–Crippen LogP) is 1.67. The van der Waals surface area contributed by atoms with Gasteiger partial charge in [0.25, 0.3) is 0 Å². The van der Waals surface area contributed by atoms with E-state index in [-0.39, 0.29) is 5.82 Å². The van der Waals surface area contributed by atoms with Crippen LogP contribution in [0.4, 0.5) is 10.1 Å². The minimum atomic E-state index is -0.537. The zero-order valence-corrected chi connectivity index (χ0v) is 13.7. The molecule has 1 aromatic rings. The quantitative estimate of drug-likeness (QED) is 0.609. The van der Waals surface area contributed by atoms with E-state index in [2.05, 4.69) is 18.1 Å². The Morgan fingerprint density at radius 3 is 2.08 bits per heavy atom. The van der Waals surface area contributed by atoms with Gasteiger partial charge in [0.1, 0.15) is 5.82 Å². The maximum Gasteiger partial charge on any atom is 0.312 e. The Morgan fingerprint density at radius 2 is 1.58 bits per heavy atom. The highest BCUT2D eigenvalue weighted by atomic mass is 19.1. The molecule has 0 radical (unpaired) electrons. The molecule has 6 heteroatoms. The van der Waals surface area contributed by atoms with E-state index < -0.39 is 11.8 Å². The second-order valence-corrected chi connectivity index (χ2v) is 5.54. The highest BCUT2D eigenvalue weighted by Gasteiger charge is 2.28. The number of hydrogen-bond acceptors (Lipinski definition) is 3. The van der Waals surface area contributed by atoms with Crippen LogP contribution in [0.15, 0.2) is 49.6 Å². The Hall–Kier alpha value is -2.63. The number of rotatable bonds is 5. The number of amides is 2. The van der Waals surface area contributed by atoms with Gasteiger partial charge in [0.2, 0.25) is 0 Å². The summed E-state index contributed by atoms with van der Waals surface area (Å²) in [5.41, 5.74) is 0.912. The molecule has 0 aromatic heterocycles. The first-order valence-electron chi connectivity index (χ1n) is 7.87. The lowest BCUT2D eigenvalue weighted by Crippen LogP contribution is -2.53. The predicted molar refractivity (Wildman–Crippen MR) is 92.2 cm³/mol. The van der Waals surface area contributed by atoms with Crippen LogP contribution < -0.4 is 4.90 Å². The second kappa shape index (κ2) is 8.29. The monoisotopic (exact) mass is 331 g/mol. The molecule has 1 saturated heterocycles. The Kier molecular flexibility index (Phi) is 6.12. The van der Waals surface area contributed by atoms with E-state index in [1.807, 2.05) is 0 Å². The Balaban J connectivity index is 1.94. The van der Waals surface area contributed by atoms with E-state index in [9.17, 15) is 14.0 Å². The Labute approximate surface area is 141 Å². The summed E-state index contributed by atoms with van der Waals surface area (Å²) in [7, 11) is 0. The number of halogens is 1. The molecule has 0 saturated carbocycles. The fourth-order valence-corrected chi connectivity index (χ4v) is 2.64. The number of carbonyl (C=O) groups excluding carboxylic acids is 2. The van der Waals surface area contributed by atoms with Gasteiger partial charge in [-0.25, -0.2) is 4.39 Å². The smallest absolute Gasteiger partial charge is 0.312 e. The van der Waals surface area contributed by atoms with Crippen LogP contribution in [0.5, 0.6) is 0 Å². The zero-order chi connectivity index (χ0) is 17.5. The van der Waals surface area contributed by atoms with E-state index in [1.165, 1.54) is 17.0 Å². The fraction of sp³-hybridized carbons (Fsp3) is 0.333. The molecule has 1 fully saturated rings. The standard InChI is InChI=1S/C18H22FN3O2/c1-3-9-21(10-4-2)17(23)18(24)22-13-11-20(12-14-22)16-7-5-15(19)6-8-16/h3-8H,1-2,9-14H2. The van der Waals surface area contributed by atoms with Crippen LogP contribution in [0, 0.1) is 5.82 Å². The molecule has 1 aliphatic heterocycles. The number of carbonyl (C=O) groups is 2. The van der Waals surface area contributed by atoms with Crippen molar-refractivity contribution in [2.24, 2.45) is 0 Å². The summed E-state index contributed by atoms with van der Waals surface area (Å²) in [4.78, 5) is 29.7. The first kappa shape index (κ1) is 17.7. The third kappa shape index (κ3) is 4.22. The number of hydrogen-bond donors (Lipinski definition) is 0. The molecule has 5 nitrogen and oxygen atoms in total. The summed E-state index contributed by atoms with van der Waals surface area (Å²) < 4.78 is 13.0. The van der Waals surface area contributed by atoms with Gasteiger partial charge in [0.15, 0.2) is 0 Å². The summed E-state index contributed by atoms with van der Waals surface area (Å²) in [5.74, 6) is -1.31. The van der Waals surface area contributed by atoms with Crippen molar-refractivity contribution in [2.45, 2.75) is 0 Å². The van der Waals surface area contributed by atoms with Gasteiger partial charge in [0, 0.05) is 45.0 Å². The van der Waals surface area contributed by atoms with E-state index in [0.717, 1.165) is 5.69 Å². The molecule has 128 valence electrons. The minimum absolute atomic E-state index is 0.275. The Bertz CT molecular complexity index is 597. The minimum Gasteiger partial charge on any atom is -0.368 e. The van der Waals surface area contributed by atoms with Crippen LogP contribution in [0.25, 0.3) is 0 Å². The first-order chi connectivity index (χ1) is 11.6. The number of nitrogens with zero attached hydrogens (tertiary/aromatic N) is 3. The van der Waals surface area contributed by atoms with Crippen LogP contribution in [0.3, 0.4) is 0 Å². The molecule has 0 aliphatic carbocycles. The summed E-state index contributed by atoms with van der Waals surface area (Å²) in [6.45, 7) is 9.95. The van der Waals surface area contributed by atoms with Crippen LogP contribution in [0.2, 0.25) is 0 Å². The van der Waals surface area contributed by atoms with Crippen molar-refractivity contribution in [3.8, 4) is 0 Å². The molecular formula is C18H22FN3O2. The normalized spacial score (nSPS) is 14.2. The molecule has 0 bridgehead atoms. The van der Waals surface area contributed by atoms with Gasteiger partial charge in [-0.15, -0.1) is 13.2 Å². The van der Waals surface area contributed by atoms with Crippen LogP contribution in [-0.2, 0) is 9.59 Å². The van der Waals surface area contributed by atoms with Gasteiger partial charge in [-0.05, 0) is 24.3 Å². The highest BCUT2D eigenvalue weighted by molar-refractivity contribution is 6.35. The van der Waals surface area contributed by atoms with Gasteiger partial charge in [-0.3, -0.25) is 9.59 Å². The number of piperazine rings is 1. The molecular weight excluding hydrogens is 309 g/mol. The topological polar surface area (TPSA) is 43.9 Å². The van der Waals surface area contributed by atoms with Gasteiger partial charge in [0.05, 0.1) is 0 Å². The summed E-state index contributed by atoms with van der Waals surface area (Å²) in [5, 5.41) is 0. The number of benzene rings is 1. The van der Waals surface area contributed by atoms with E-state index in [4.69, 9.17) is 0 Å². The zero-order valence-electron chi connectivity index (χ0n) is 13.7. The molecule has 1 heterocycles. The molecule has 2 rings (SSSR count). The second-order valence-electron chi connectivity index (χ2n) is 5.54. The third-order valence-corrected chi connectivity index (χ3v) is 3.93. The lowest BCUT2D eigenvalue weighted by atomic mass is 10.2. The van der Waals surface area contributed by atoms with Crippen LogP contribution in [-0.4, -0.2) is 60.9 Å². The van der Waals surface area contributed by atoms with Gasteiger partial charge in [-0.1, -0.05) is 12.2 Å². The van der Waals surface area contributed by atoms with Gasteiger partial charge < -0.3 is 14.7 Å². The largest absolute Gasteiger partial charge is 0.368 e. The van der Waals surface area contributed by atoms with Crippen molar-refractivity contribution in [1.82, 2.24) is 9.80 Å². The van der Waals surface area contributed by atoms with Crippen molar-refractivity contribution in [1.29, 1.82) is 0 Å². The maximum absolute atomic E-state index is 13.0. The molecule has 1 aliphatic rings. The molecule has 0 N–H and O–H groups in total. The molecule has 24 heavy (non-hydrogen) atoms. The third-order valence-electron chi connectivity index (χ3n) is 3.93. The molecule has 0 spiro atoms. The Morgan fingerprint density at radius 1 is 1.04 bits per heavy atom. The first-order valence-corrected chi connectivity index (χ1v) is 7.87. The van der Waals surface area contributed by atoms with Gasteiger partial charge >= 0.3 is 11.8 Å². The summed E-state index contributed by atoms with van der Waals surface area (Å²) in [6.07, 6.45) is 3.17. The molecule has 0 atom stereocenters. The fourth-order valence-electron chi connectivity index (χ4n) is 2.64. The van der Waals surface area contributed by atoms with Crippen LogP contribution in [0.1, 0.15) is 0 Å². The van der Waals surface area contributed by atoms with Crippen molar-refractivity contribution >= 4 is 17.5 Å². The highest BCUT2D eigenvalue weighted by Crippen LogP contribution is 2.17. The lowest BCUT2D eigenvalue weighted by molar-refractivity contribution is -0.151. The summed E-state index contributed by atoms with van der Waals surface area (Å²) >= 11 is 0. The number of anilines is 1. The maximum atomic E-state index is 13.0. The molecule has 0 unspecified atom stereocenters. The van der Waals surface area contributed by atoms with E-state index >= 15 is 0 Å². The van der Waals surface area contributed by atoms with Crippen molar-refractivity contribution < 1.29 is 14.0 Å². The van der Waals surface area contributed by atoms with Crippen molar-refractivity contribution in [2.75, 3.05) is 44.2 Å². The lowest BCUT2D eigenvalue weighted by Gasteiger charge is -2.36. The molecule has 2 amide bonds. The van der Waals surface area contributed by atoms with Crippen molar-refractivity contribution in [3.05, 3.63) is 55.4 Å². The summed E-state index contributed by atoms with van der Waals surface area (Å²) in [6, 6.07) is 6.26. The SMILES string of the molecule is C=CCN(CC=C)C(=O)C(=O)N1CCN(c2ccc(F)cc2)CC1. The van der Waals surface area contributed by atoms with E-state index in [0.29, 0.717) is 39.3 Å². The average Bonchev–Trinajstić information content (AvgIpc) is 2.61. The molecule has 1 aromatic carbocycles. The van der Waals surface area contributed by atoms with Crippen LogP contribution >= 0.6 is 0 Å². The average molecular weight is 331 g/mol. The van der Waals surface area contributed by atoms with Crippen molar-refractivity contribution in [3.63, 3.8) is 0 Å².